The number of benzene rings is 1. The Kier molecular flexibility index (Phi) is 4.74. The summed E-state index contributed by atoms with van der Waals surface area (Å²) in [6.45, 7) is 5.66. The molecular formula is C15H20FN3O. The van der Waals surface area contributed by atoms with Gasteiger partial charge in [0.15, 0.2) is 11.6 Å². The SMILES string of the molecule is CCNCc1cccc(F)c1OCc1cc(C)nn1C. The van der Waals surface area contributed by atoms with Gasteiger partial charge in [-0.3, -0.25) is 4.68 Å². The number of para-hydroxylation sites is 1. The second kappa shape index (κ2) is 6.52. The van der Waals surface area contributed by atoms with Gasteiger partial charge >= 0.3 is 0 Å². The maximum atomic E-state index is 13.9. The van der Waals surface area contributed by atoms with Crippen LogP contribution in [0.3, 0.4) is 0 Å². The smallest absolute Gasteiger partial charge is 0.165 e. The third-order valence-electron chi connectivity index (χ3n) is 3.08. The normalized spacial score (nSPS) is 10.8. The highest BCUT2D eigenvalue weighted by Gasteiger charge is 2.11. The van der Waals surface area contributed by atoms with Crippen molar-refractivity contribution in [3.8, 4) is 5.75 Å². The van der Waals surface area contributed by atoms with Crippen molar-refractivity contribution in [2.45, 2.75) is 27.0 Å². The first-order valence-corrected chi connectivity index (χ1v) is 6.72. The minimum absolute atomic E-state index is 0.303. The van der Waals surface area contributed by atoms with E-state index < -0.39 is 0 Å². The molecular weight excluding hydrogens is 257 g/mol. The summed E-state index contributed by atoms with van der Waals surface area (Å²) in [5.74, 6) is -0.0217. The van der Waals surface area contributed by atoms with E-state index in [2.05, 4.69) is 10.4 Å². The van der Waals surface area contributed by atoms with E-state index in [0.29, 0.717) is 18.9 Å². The first-order chi connectivity index (χ1) is 9.61. The Morgan fingerprint density at radius 3 is 2.85 bits per heavy atom. The molecule has 2 rings (SSSR count). The summed E-state index contributed by atoms with van der Waals surface area (Å²) in [5, 5.41) is 7.43. The molecule has 0 aliphatic carbocycles. The van der Waals surface area contributed by atoms with E-state index in [1.807, 2.05) is 33.0 Å². The fraction of sp³-hybridized carbons (Fsp3) is 0.400. The Morgan fingerprint density at radius 2 is 2.20 bits per heavy atom. The number of aryl methyl sites for hydroxylation is 2. The molecule has 1 aromatic heterocycles. The molecule has 0 spiro atoms. The van der Waals surface area contributed by atoms with Crippen molar-refractivity contribution < 1.29 is 9.13 Å². The Labute approximate surface area is 118 Å². The number of hydrogen-bond donors (Lipinski definition) is 1. The van der Waals surface area contributed by atoms with Crippen molar-refractivity contribution in [1.29, 1.82) is 0 Å². The van der Waals surface area contributed by atoms with Crippen LogP contribution in [-0.2, 0) is 20.2 Å². The maximum Gasteiger partial charge on any atom is 0.165 e. The van der Waals surface area contributed by atoms with E-state index >= 15 is 0 Å². The third kappa shape index (κ3) is 3.36. The largest absolute Gasteiger partial charge is 0.484 e. The van der Waals surface area contributed by atoms with Gasteiger partial charge in [0.2, 0.25) is 0 Å². The summed E-state index contributed by atoms with van der Waals surface area (Å²) in [6.07, 6.45) is 0. The van der Waals surface area contributed by atoms with Gasteiger partial charge in [-0.05, 0) is 25.6 Å². The Balaban J connectivity index is 2.13. The third-order valence-corrected chi connectivity index (χ3v) is 3.08. The molecule has 5 heteroatoms. The highest BCUT2D eigenvalue weighted by atomic mass is 19.1. The summed E-state index contributed by atoms with van der Waals surface area (Å²) < 4.78 is 21.3. The maximum absolute atomic E-state index is 13.9. The molecule has 1 heterocycles. The van der Waals surface area contributed by atoms with Crippen LogP contribution >= 0.6 is 0 Å². The molecule has 1 N–H and O–H groups in total. The lowest BCUT2D eigenvalue weighted by Gasteiger charge is -2.12. The van der Waals surface area contributed by atoms with Crippen LogP contribution in [0.15, 0.2) is 24.3 Å². The second-order valence-corrected chi connectivity index (χ2v) is 4.70. The number of aromatic nitrogens is 2. The van der Waals surface area contributed by atoms with Crippen molar-refractivity contribution >= 4 is 0 Å². The molecule has 108 valence electrons. The van der Waals surface area contributed by atoms with Crippen molar-refractivity contribution in [3.63, 3.8) is 0 Å². The molecule has 0 radical (unpaired) electrons. The first-order valence-electron chi connectivity index (χ1n) is 6.72. The quantitative estimate of drug-likeness (QED) is 0.882. The average molecular weight is 277 g/mol. The van der Waals surface area contributed by atoms with Gasteiger partial charge in [0.05, 0.1) is 11.4 Å². The van der Waals surface area contributed by atoms with Crippen molar-refractivity contribution in [2.24, 2.45) is 7.05 Å². The highest BCUT2D eigenvalue weighted by molar-refractivity contribution is 5.35. The van der Waals surface area contributed by atoms with Crippen LogP contribution in [0.25, 0.3) is 0 Å². The second-order valence-electron chi connectivity index (χ2n) is 4.70. The standard InChI is InChI=1S/C15H20FN3O/c1-4-17-9-12-6-5-7-14(16)15(12)20-10-13-8-11(2)18-19(13)3/h5-8,17H,4,9-10H2,1-3H3. The molecule has 0 aliphatic heterocycles. The Hall–Kier alpha value is -1.88. The molecule has 0 unspecified atom stereocenters. The van der Waals surface area contributed by atoms with Crippen LogP contribution in [0.5, 0.6) is 5.75 Å². The van der Waals surface area contributed by atoms with E-state index in [4.69, 9.17) is 4.74 Å². The summed E-state index contributed by atoms with van der Waals surface area (Å²) in [5.41, 5.74) is 2.67. The van der Waals surface area contributed by atoms with Gasteiger partial charge in [0.1, 0.15) is 6.61 Å². The highest BCUT2D eigenvalue weighted by Crippen LogP contribution is 2.23. The predicted octanol–water partition coefficient (Wildman–Crippen LogP) is 2.56. The average Bonchev–Trinajstić information content (AvgIpc) is 2.73. The minimum Gasteiger partial charge on any atom is -0.484 e. The van der Waals surface area contributed by atoms with E-state index in [1.165, 1.54) is 6.07 Å². The van der Waals surface area contributed by atoms with Crippen LogP contribution in [0.4, 0.5) is 4.39 Å². The lowest BCUT2D eigenvalue weighted by atomic mass is 10.2. The van der Waals surface area contributed by atoms with Gasteiger partial charge < -0.3 is 10.1 Å². The number of halogens is 1. The molecule has 0 fully saturated rings. The molecule has 0 saturated heterocycles. The van der Waals surface area contributed by atoms with Gasteiger partial charge in [-0.2, -0.15) is 5.10 Å². The summed E-state index contributed by atoms with van der Waals surface area (Å²) in [6, 6.07) is 6.92. The number of hydrogen-bond acceptors (Lipinski definition) is 3. The van der Waals surface area contributed by atoms with Gasteiger partial charge in [0, 0.05) is 19.2 Å². The topological polar surface area (TPSA) is 39.1 Å². The van der Waals surface area contributed by atoms with Crippen LogP contribution < -0.4 is 10.1 Å². The number of nitrogens with one attached hydrogen (secondary N) is 1. The fourth-order valence-corrected chi connectivity index (χ4v) is 2.06. The molecule has 0 aliphatic rings. The first kappa shape index (κ1) is 14.5. The zero-order valence-electron chi connectivity index (χ0n) is 12.1. The zero-order chi connectivity index (χ0) is 14.5. The van der Waals surface area contributed by atoms with Gasteiger partial charge in [-0.25, -0.2) is 4.39 Å². The van der Waals surface area contributed by atoms with Crippen LogP contribution in [0, 0.1) is 12.7 Å². The lowest BCUT2D eigenvalue weighted by Crippen LogP contribution is -2.14. The number of ether oxygens (including phenoxy) is 1. The van der Waals surface area contributed by atoms with Crippen molar-refractivity contribution in [1.82, 2.24) is 15.1 Å². The van der Waals surface area contributed by atoms with Gasteiger partial charge in [-0.1, -0.05) is 19.1 Å². The van der Waals surface area contributed by atoms with E-state index in [9.17, 15) is 4.39 Å². The van der Waals surface area contributed by atoms with E-state index in [-0.39, 0.29) is 5.82 Å². The predicted molar refractivity (Wildman–Crippen MR) is 76.1 cm³/mol. The minimum atomic E-state index is -0.334. The molecule has 0 atom stereocenters. The lowest BCUT2D eigenvalue weighted by molar-refractivity contribution is 0.276. The molecule has 20 heavy (non-hydrogen) atoms. The summed E-state index contributed by atoms with van der Waals surface area (Å²) in [4.78, 5) is 0. The van der Waals surface area contributed by atoms with Crippen LogP contribution in [-0.4, -0.2) is 16.3 Å². The van der Waals surface area contributed by atoms with Crippen molar-refractivity contribution in [3.05, 3.63) is 47.0 Å². The van der Waals surface area contributed by atoms with E-state index in [1.54, 1.807) is 10.7 Å². The molecule has 0 amide bonds. The Morgan fingerprint density at radius 1 is 1.40 bits per heavy atom. The fourth-order valence-electron chi connectivity index (χ4n) is 2.06. The van der Waals surface area contributed by atoms with E-state index in [0.717, 1.165) is 23.5 Å². The van der Waals surface area contributed by atoms with Crippen LogP contribution in [0.1, 0.15) is 23.9 Å². The monoisotopic (exact) mass is 277 g/mol. The molecule has 2 aromatic rings. The van der Waals surface area contributed by atoms with Gasteiger partial charge in [-0.15, -0.1) is 0 Å². The molecule has 0 saturated carbocycles. The molecule has 0 bridgehead atoms. The summed E-state index contributed by atoms with van der Waals surface area (Å²) >= 11 is 0. The number of rotatable bonds is 6. The van der Waals surface area contributed by atoms with Gasteiger partial charge in [0.25, 0.3) is 0 Å². The zero-order valence-corrected chi connectivity index (χ0v) is 12.1. The van der Waals surface area contributed by atoms with Crippen LogP contribution in [0.2, 0.25) is 0 Å². The van der Waals surface area contributed by atoms with Crippen molar-refractivity contribution in [2.75, 3.05) is 6.54 Å². The molecule has 1 aromatic carbocycles. The Bertz CT molecular complexity index is 580. The number of nitrogens with zero attached hydrogens (tertiary/aromatic N) is 2. The summed E-state index contributed by atoms with van der Waals surface area (Å²) in [7, 11) is 1.85. The molecule has 4 nitrogen and oxygen atoms in total.